The molecule has 0 saturated carbocycles. The summed E-state index contributed by atoms with van der Waals surface area (Å²) in [6.45, 7) is 2.23. The number of aromatic nitrogens is 4. The van der Waals surface area contributed by atoms with Crippen molar-refractivity contribution in [1.29, 1.82) is 0 Å². The average Bonchev–Trinajstić information content (AvgIpc) is 2.48. The summed E-state index contributed by atoms with van der Waals surface area (Å²) in [6, 6.07) is 7.36. The largest absolute Gasteiger partial charge is 0.335 e. The molecule has 0 aliphatic rings. The van der Waals surface area contributed by atoms with E-state index in [2.05, 4.69) is 20.4 Å². The fourth-order valence-corrected chi connectivity index (χ4v) is 2.62. The van der Waals surface area contributed by atoms with Crippen molar-refractivity contribution in [1.82, 2.24) is 20.4 Å². The van der Waals surface area contributed by atoms with Crippen molar-refractivity contribution in [2.45, 2.75) is 19.6 Å². The van der Waals surface area contributed by atoms with E-state index in [9.17, 15) is 9.46 Å². The van der Waals surface area contributed by atoms with Gasteiger partial charge in [-0.05, 0) is 12.5 Å². The third-order valence-electron chi connectivity index (χ3n) is 2.64. The van der Waals surface area contributed by atoms with E-state index in [1.165, 1.54) is 0 Å². The van der Waals surface area contributed by atoms with Crippen LogP contribution < -0.4 is 5.73 Å². The molecule has 2 rings (SSSR count). The molecule has 1 unspecified atom stereocenters. The van der Waals surface area contributed by atoms with Crippen molar-refractivity contribution in [3.63, 3.8) is 0 Å². The molecule has 0 aliphatic heterocycles. The van der Waals surface area contributed by atoms with Gasteiger partial charge >= 0.3 is 7.60 Å². The summed E-state index contributed by atoms with van der Waals surface area (Å²) in [5.41, 5.74) is 7.26. The van der Waals surface area contributed by atoms with E-state index in [0.717, 1.165) is 11.1 Å². The summed E-state index contributed by atoms with van der Waals surface area (Å²) in [4.78, 5) is 9.50. The molecule has 112 valence electrons. The monoisotopic (exact) mass is 309 g/mol. The van der Waals surface area contributed by atoms with Gasteiger partial charge in [0, 0.05) is 12.1 Å². The molecule has 1 aromatic carbocycles. The first-order valence-corrected chi connectivity index (χ1v) is 8.12. The van der Waals surface area contributed by atoms with Crippen molar-refractivity contribution in [2.24, 2.45) is 5.73 Å². The van der Waals surface area contributed by atoms with Crippen LogP contribution in [0.15, 0.2) is 24.3 Å². The summed E-state index contributed by atoms with van der Waals surface area (Å²) < 4.78 is 16.3. The molecule has 0 amide bonds. The van der Waals surface area contributed by atoms with Crippen LogP contribution in [-0.2, 0) is 21.8 Å². The molecule has 1 heterocycles. The first-order chi connectivity index (χ1) is 10.0. The third kappa shape index (κ3) is 4.37. The lowest BCUT2D eigenvalue weighted by molar-refractivity contribution is 0.271. The summed E-state index contributed by atoms with van der Waals surface area (Å²) in [6.07, 6.45) is -0.312. The van der Waals surface area contributed by atoms with Crippen LogP contribution in [0.3, 0.4) is 0 Å². The maximum Gasteiger partial charge on any atom is 0.335 e. The Bertz CT molecular complexity index is 632. The van der Waals surface area contributed by atoms with Crippen molar-refractivity contribution in [3.8, 4) is 11.4 Å². The number of hydrogen-bond donors (Lipinski definition) is 2. The molecule has 9 heteroatoms. The van der Waals surface area contributed by atoms with Crippen LogP contribution in [0.5, 0.6) is 0 Å². The first kappa shape index (κ1) is 15.7. The van der Waals surface area contributed by atoms with Gasteiger partial charge in [0.25, 0.3) is 0 Å². The summed E-state index contributed by atoms with van der Waals surface area (Å²) in [5.74, 6) is 0.406. The van der Waals surface area contributed by atoms with Crippen LogP contribution in [0.2, 0.25) is 0 Å². The topological polar surface area (TPSA) is 124 Å². The van der Waals surface area contributed by atoms with Gasteiger partial charge in [-0.1, -0.05) is 24.3 Å². The van der Waals surface area contributed by atoms with Gasteiger partial charge < -0.3 is 15.2 Å². The standard InChI is InChI=1S/C12H16N5O3P/c1-2-20-21(18,19)8-11-14-16-12(17-15-11)10-5-3-9(7-13)4-6-10/h3-6H,2,7-8,13H2,1H3,(H,18,19). The highest BCUT2D eigenvalue weighted by atomic mass is 31.2. The lowest BCUT2D eigenvalue weighted by Gasteiger charge is -2.08. The van der Waals surface area contributed by atoms with Crippen LogP contribution in [-0.4, -0.2) is 31.9 Å². The minimum Gasteiger partial charge on any atom is -0.326 e. The third-order valence-corrected chi connectivity index (χ3v) is 3.98. The lowest BCUT2D eigenvalue weighted by Crippen LogP contribution is -2.04. The predicted molar refractivity (Wildman–Crippen MR) is 76.1 cm³/mol. The normalized spacial score (nSPS) is 13.9. The zero-order chi connectivity index (χ0) is 15.3. The van der Waals surface area contributed by atoms with Gasteiger partial charge in [-0.15, -0.1) is 20.4 Å². The Morgan fingerprint density at radius 1 is 1.19 bits per heavy atom. The van der Waals surface area contributed by atoms with E-state index in [4.69, 9.17) is 10.3 Å². The summed E-state index contributed by atoms with van der Waals surface area (Å²) in [7, 11) is -3.73. The molecule has 0 radical (unpaired) electrons. The molecule has 3 N–H and O–H groups in total. The Balaban J connectivity index is 2.12. The van der Waals surface area contributed by atoms with Gasteiger partial charge in [0.2, 0.25) is 5.82 Å². The molecule has 1 atom stereocenters. The number of nitrogens with zero attached hydrogens (tertiary/aromatic N) is 4. The number of nitrogens with two attached hydrogens (primary N) is 1. The molecular formula is C12H16N5O3P. The Morgan fingerprint density at radius 3 is 2.33 bits per heavy atom. The van der Waals surface area contributed by atoms with E-state index in [-0.39, 0.29) is 18.6 Å². The molecule has 8 nitrogen and oxygen atoms in total. The van der Waals surface area contributed by atoms with Gasteiger partial charge in [0.1, 0.15) is 6.16 Å². The van der Waals surface area contributed by atoms with Crippen molar-refractivity contribution in [2.75, 3.05) is 6.61 Å². The fourth-order valence-electron chi connectivity index (χ4n) is 1.64. The molecule has 0 saturated heterocycles. The molecule has 0 aliphatic carbocycles. The molecule has 1 aromatic heterocycles. The van der Waals surface area contributed by atoms with Gasteiger partial charge in [-0.25, -0.2) is 0 Å². The molecule has 0 bridgehead atoms. The van der Waals surface area contributed by atoms with Gasteiger partial charge in [0.15, 0.2) is 5.82 Å². The number of hydrogen-bond acceptors (Lipinski definition) is 7. The summed E-state index contributed by atoms with van der Waals surface area (Å²) >= 11 is 0. The van der Waals surface area contributed by atoms with Gasteiger partial charge in [-0.3, -0.25) is 4.57 Å². The second-order valence-corrected chi connectivity index (χ2v) is 6.10. The van der Waals surface area contributed by atoms with Crippen LogP contribution in [0, 0.1) is 0 Å². The SMILES string of the molecule is CCOP(=O)(O)Cc1nnc(-c2ccc(CN)cc2)nn1. The quantitative estimate of drug-likeness (QED) is 0.760. The Morgan fingerprint density at radius 2 is 1.81 bits per heavy atom. The fraction of sp³-hybridized carbons (Fsp3) is 0.333. The highest BCUT2D eigenvalue weighted by Gasteiger charge is 2.22. The Kier molecular flexibility index (Phi) is 5.08. The smallest absolute Gasteiger partial charge is 0.326 e. The van der Waals surface area contributed by atoms with Crippen LogP contribution in [0.25, 0.3) is 11.4 Å². The van der Waals surface area contributed by atoms with E-state index in [1.807, 2.05) is 24.3 Å². The molecule has 0 spiro atoms. The first-order valence-electron chi connectivity index (χ1n) is 6.36. The van der Waals surface area contributed by atoms with Crippen molar-refractivity contribution >= 4 is 7.60 Å². The van der Waals surface area contributed by atoms with E-state index < -0.39 is 7.60 Å². The zero-order valence-corrected chi connectivity index (χ0v) is 12.4. The second-order valence-electron chi connectivity index (χ2n) is 4.25. The minimum absolute atomic E-state index is 0.0663. The predicted octanol–water partition coefficient (Wildman–Crippen LogP) is 1.11. The van der Waals surface area contributed by atoms with Gasteiger partial charge in [0.05, 0.1) is 6.61 Å². The maximum absolute atomic E-state index is 11.6. The van der Waals surface area contributed by atoms with Gasteiger partial charge in [-0.2, -0.15) is 0 Å². The Hall–Kier alpha value is -1.73. The van der Waals surface area contributed by atoms with Crippen molar-refractivity contribution < 1.29 is 14.0 Å². The molecular weight excluding hydrogens is 293 g/mol. The molecule has 0 fully saturated rings. The molecule has 2 aromatic rings. The van der Waals surface area contributed by atoms with E-state index >= 15 is 0 Å². The highest BCUT2D eigenvalue weighted by molar-refractivity contribution is 7.51. The average molecular weight is 309 g/mol. The Labute approximate surface area is 121 Å². The van der Waals surface area contributed by atoms with Crippen LogP contribution >= 0.6 is 7.60 Å². The van der Waals surface area contributed by atoms with E-state index in [1.54, 1.807) is 6.92 Å². The van der Waals surface area contributed by atoms with E-state index in [0.29, 0.717) is 12.4 Å². The minimum atomic E-state index is -3.73. The van der Waals surface area contributed by atoms with Crippen molar-refractivity contribution in [3.05, 3.63) is 35.7 Å². The van der Waals surface area contributed by atoms with Crippen LogP contribution in [0.4, 0.5) is 0 Å². The second kappa shape index (κ2) is 6.82. The lowest BCUT2D eigenvalue weighted by atomic mass is 10.1. The summed E-state index contributed by atoms with van der Waals surface area (Å²) in [5, 5.41) is 15.4. The highest BCUT2D eigenvalue weighted by Crippen LogP contribution is 2.44. The number of benzene rings is 1. The number of rotatable bonds is 6. The molecule has 21 heavy (non-hydrogen) atoms. The van der Waals surface area contributed by atoms with Crippen LogP contribution in [0.1, 0.15) is 18.3 Å². The zero-order valence-electron chi connectivity index (χ0n) is 11.5. The maximum atomic E-state index is 11.6.